The van der Waals surface area contributed by atoms with E-state index in [-0.39, 0.29) is 17.7 Å². The highest BCUT2D eigenvalue weighted by molar-refractivity contribution is 7.89. The minimum absolute atomic E-state index is 0.0893. The molecule has 0 saturated carbocycles. The topological polar surface area (TPSA) is 95.6 Å². The molecule has 7 nitrogen and oxygen atoms in total. The van der Waals surface area contributed by atoms with Gasteiger partial charge in [-0.2, -0.15) is 4.31 Å². The van der Waals surface area contributed by atoms with Crippen LogP contribution in [-0.4, -0.2) is 44.7 Å². The van der Waals surface area contributed by atoms with Gasteiger partial charge in [-0.15, -0.1) is 0 Å². The fraction of sp³-hybridized carbons (Fsp3) is 0.391. The van der Waals surface area contributed by atoms with Crippen molar-refractivity contribution < 1.29 is 18.0 Å². The van der Waals surface area contributed by atoms with E-state index in [9.17, 15) is 18.0 Å². The summed E-state index contributed by atoms with van der Waals surface area (Å²) in [6.45, 7) is 4.81. The lowest BCUT2D eigenvalue weighted by Gasteiger charge is -2.30. The molecule has 2 amide bonds. The Morgan fingerprint density at radius 3 is 2.39 bits per heavy atom. The summed E-state index contributed by atoms with van der Waals surface area (Å²) in [4.78, 5) is 24.6. The van der Waals surface area contributed by atoms with E-state index in [0.29, 0.717) is 42.9 Å². The van der Waals surface area contributed by atoms with Gasteiger partial charge in [0, 0.05) is 38.2 Å². The maximum absolute atomic E-state index is 12.9. The number of aryl methyl sites for hydroxylation is 2. The molecule has 1 aliphatic heterocycles. The van der Waals surface area contributed by atoms with Crippen LogP contribution in [-0.2, 0) is 21.4 Å². The Labute approximate surface area is 183 Å². The number of benzene rings is 2. The first kappa shape index (κ1) is 23.0. The highest BCUT2D eigenvalue weighted by Crippen LogP contribution is 2.25. The third-order valence-corrected chi connectivity index (χ3v) is 7.72. The SMILES string of the molecule is CNC(=O)c1cccc(CNC(=O)C2CCN(S(=O)(=O)c3ccc(C)c(C)c3)CC2)c1. The number of piperidine rings is 1. The van der Waals surface area contributed by atoms with Crippen LogP contribution in [0.3, 0.4) is 0 Å². The summed E-state index contributed by atoms with van der Waals surface area (Å²) >= 11 is 0. The van der Waals surface area contributed by atoms with Crippen LogP contribution in [0.25, 0.3) is 0 Å². The van der Waals surface area contributed by atoms with Crippen LogP contribution in [0, 0.1) is 19.8 Å². The average molecular weight is 444 g/mol. The van der Waals surface area contributed by atoms with Crippen molar-refractivity contribution in [2.45, 2.75) is 38.1 Å². The molecule has 1 saturated heterocycles. The molecule has 1 fully saturated rings. The van der Waals surface area contributed by atoms with Crippen molar-refractivity contribution in [2.24, 2.45) is 5.92 Å². The third-order valence-electron chi connectivity index (χ3n) is 5.82. The highest BCUT2D eigenvalue weighted by Gasteiger charge is 2.32. The van der Waals surface area contributed by atoms with Crippen LogP contribution in [0.2, 0.25) is 0 Å². The molecular weight excluding hydrogens is 414 g/mol. The predicted octanol–water partition coefficient (Wildman–Crippen LogP) is 2.38. The molecule has 1 aliphatic rings. The molecule has 31 heavy (non-hydrogen) atoms. The molecule has 166 valence electrons. The van der Waals surface area contributed by atoms with E-state index >= 15 is 0 Å². The van der Waals surface area contributed by atoms with Gasteiger partial charge < -0.3 is 10.6 Å². The standard InChI is InChI=1S/C23H29N3O4S/c1-16-7-8-21(13-17(16)2)31(29,30)26-11-9-19(10-12-26)23(28)25-15-18-5-4-6-20(14-18)22(27)24-3/h4-8,13-14,19H,9-12,15H2,1-3H3,(H,24,27)(H,25,28). The second kappa shape index (κ2) is 9.62. The summed E-state index contributed by atoms with van der Waals surface area (Å²) in [7, 11) is -1.98. The van der Waals surface area contributed by atoms with Gasteiger partial charge in [-0.3, -0.25) is 9.59 Å². The van der Waals surface area contributed by atoms with Crippen LogP contribution in [0.5, 0.6) is 0 Å². The van der Waals surface area contributed by atoms with Crippen LogP contribution in [0.15, 0.2) is 47.4 Å². The van der Waals surface area contributed by atoms with Gasteiger partial charge in [0.15, 0.2) is 0 Å². The molecule has 0 atom stereocenters. The zero-order valence-corrected chi connectivity index (χ0v) is 19.0. The number of rotatable bonds is 6. The number of hydrogen-bond donors (Lipinski definition) is 2. The highest BCUT2D eigenvalue weighted by atomic mass is 32.2. The van der Waals surface area contributed by atoms with Crippen LogP contribution >= 0.6 is 0 Å². The van der Waals surface area contributed by atoms with E-state index in [1.54, 1.807) is 37.4 Å². The first-order valence-electron chi connectivity index (χ1n) is 10.4. The van der Waals surface area contributed by atoms with Crippen LogP contribution in [0.4, 0.5) is 0 Å². The van der Waals surface area contributed by atoms with Crippen molar-refractivity contribution in [3.63, 3.8) is 0 Å². The van der Waals surface area contributed by atoms with E-state index in [2.05, 4.69) is 10.6 Å². The summed E-state index contributed by atoms with van der Waals surface area (Å²) in [5.41, 5.74) is 3.37. The van der Waals surface area contributed by atoms with Crippen molar-refractivity contribution in [1.29, 1.82) is 0 Å². The number of carbonyl (C=O) groups is 2. The first-order valence-corrected chi connectivity index (χ1v) is 11.8. The van der Waals surface area contributed by atoms with Crippen molar-refractivity contribution in [1.82, 2.24) is 14.9 Å². The maximum atomic E-state index is 12.9. The number of amides is 2. The molecule has 2 aromatic carbocycles. The molecule has 0 bridgehead atoms. The van der Waals surface area contributed by atoms with Gasteiger partial charge in [-0.05, 0) is 67.6 Å². The predicted molar refractivity (Wildman–Crippen MR) is 119 cm³/mol. The maximum Gasteiger partial charge on any atom is 0.251 e. The molecule has 0 spiro atoms. The zero-order chi connectivity index (χ0) is 22.6. The Bertz CT molecular complexity index is 1070. The van der Waals surface area contributed by atoms with Gasteiger partial charge in [0.25, 0.3) is 5.91 Å². The van der Waals surface area contributed by atoms with E-state index < -0.39 is 10.0 Å². The molecule has 3 rings (SSSR count). The second-order valence-corrected chi connectivity index (χ2v) is 9.86. The monoisotopic (exact) mass is 443 g/mol. The van der Waals surface area contributed by atoms with E-state index in [1.807, 2.05) is 26.0 Å². The molecule has 1 heterocycles. The lowest BCUT2D eigenvalue weighted by molar-refractivity contribution is -0.126. The number of nitrogens with zero attached hydrogens (tertiary/aromatic N) is 1. The van der Waals surface area contributed by atoms with Crippen LogP contribution < -0.4 is 10.6 Å². The number of nitrogens with one attached hydrogen (secondary N) is 2. The molecular formula is C23H29N3O4S. The first-order chi connectivity index (χ1) is 14.7. The van der Waals surface area contributed by atoms with Crippen molar-refractivity contribution in [2.75, 3.05) is 20.1 Å². The summed E-state index contributed by atoms with van der Waals surface area (Å²) in [6, 6.07) is 12.3. The van der Waals surface area contributed by atoms with Crippen molar-refractivity contribution >= 4 is 21.8 Å². The van der Waals surface area contributed by atoms with Crippen molar-refractivity contribution in [3.8, 4) is 0 Å². The quantitative estimate of drug-likeness (QED) is 0.717. The molecule has 0 aliphatic carbocycles. The van der Waals surface area contributed by atoms with Crippen molar-refractivity contribution in [3.05, 3.63) is 64.7 Å². The smallest absolute Gasteiger partial charge is 0.251 e. The third kappa shape index (κ3) is 5.32. The minimum atomic E-state index is -3.56. The van der Waals surface area contributed by atoms with Gasteiger partial charge in [-0.25, -0.2) is 8.42 Å². The lowest BCUT2D eigenvalue weighted by Crippen LogP contribution is -2.42. The van der Waals surface area contributed by atoms with Gasteiger partial charge >= 0.3 is 0 Å². The summed E-state index contributed by atoms with van der Waals surface area (Å²) in [5, 5.41) is 5.49. The Morgan fingerprint density at radius 1 is 1.03 bits per heavy atom. The Morgan fingerprint density at radius 2 is 1.74 bits per heavy atom. The summed E-state index contributed by atoms with van der Waals surface area (Å²) in [6.07, 6.45) is 0.961. The Kier molecular flexibility index (Phi) is 7.12. The zero-order valence-electron chi connectivity index (χ0n) is 18.1. The van der Waals surface area contributed by atoms with E-state index in [0.717, 1.165) is 16.7 Å². The van der Waals surface area contributed by atoms with Gasteiger partial charge in [0.2, 0.25) is 15.9 Å². The fourth-order valence-electron chi connectivity index (χ4n) is 3.68. The fourth-order valence-corrected chi connectivity index (χ4v) is 5.24. The largest absolute Gasteiger partial charge is 0.355 e. The average Bonchev–Trinajstić information content (AvgIpc) is 2.78. The van der Waals surface area contributed by atoms with Gasteiger partial charge in [0.05, 0.1) is 4.90 Å². The Balaban J connectivity index is 1.56. The second-order valence-electron chi connectivity index (χ2n) is 7.92. The molecule has 0 radical (unpaired) electrons. The Hall–Kier alpha value is -2.71. The normalized spacial score (nSPS) is 15.5. The minimum Gasteiger partial charge on any atom is -0.355 e. The van der Waals surface area contributed by atoms with Crippen LogP contribution in [0.1, 0.15) is 39.9 Å². The molecule has 0 unspecified atom stereocenters. The number of carbonyl (C=O) groups excluding carboxylic acids is 2. The molecule has 2 aromatic rings. The lowest BCUT2D eigenvalue weighted by atomic mass is 9.97. The van der Waals surface area contributed by atoms with E-state index in [1.165, 1.54) is 4.31 Å². The summed E-state index contributed by atoms with van der Waals surface area (Å²) < 4.78 is 27.4. The van der Waals surface area contributed by atoms with Gasteiger partial charge in [-0.1, -0.05) is 18.2 Å². The number of hydrogen-bond acceptors (Lipinski definition) is 4. The van der Waals surface area contributed by atoms with Gasteiger partial charge in [0.1, 0.15) is 0 Å². The molecule has 2 N–H and O–H groups in total. The molecule has 0 aromatic heterocycles. The van der Waals surface area contributed by atoms with E-state index in [4.69, 9.17) is 0 Å². The molecule has 8 heteroatoms. The summed E-state index contributed by atoms with van der Waals surface area (Å²) in [5.74, 6) is -0.493. The number of sulfonamides is 1.